The molecule has 1 atom stereocenters. The number of hydrogen-bond donors (Lipinski definition) is 2. The minimum absolute atomic E-state index is 0.0807. The van der Waals surface area contributed by atoms with E-state index in [1.165, 1.54) is 57.8 Å². The molecule has 0 aromatic carbocycles. The molecule has 5 heteroatoms. The van der Waals surface area contributed by atoms with Gasteiger partial charge in [0, 0.05) is 12.8 Å². The second kappa shape index (κ2) is 19.4. The van der Waals surface area contributed by atoms with Crippen LogP contribution >= 0.6 is 0 Å². The van der Waals surface area contributed by atoms with Gasteiger partial charge in [-0.05, 0) is 32.1 Å². The summed E-state index contributed by atoms with van der Waals surface area (Å²) in [4.78, 5) is 22.0. The molecule has 0 aromatic rings. The number of carbonyl (C=O) groups is 2. The van der Waals surface area contributed by atoms with Crippen LogP contribution in [0.5, 0.6) is 0 Å². The van der Waals surface area contributed by atoms with Gasteiger partial charge in [-0.1, -0.05) is 70.4 Å². The smallest absolute Gasteiger partial charge is 0.320 e. The van der Waals surface area contributed by atoms with Gasteiger partial charge in [0.25, 0.3) is 0 Å². The highest BCUT2D eigenvalue weighted by Crippen LogP contribution is 2.10. The summed E-state index contributed by atoms with van der Waals surface area (Å²) in [6.45, 7) is 2.33. The molecule has 0 heterocycles. The van der Waals surface area contributed by atoms with Crippen molar-refractivity contribution in [2.24, 2.45) is 5.73 Å². The molecule has 0 aliphatic rings. The molecular formula is C22H41NO4. The molecule has 0 amide bonds. The third kappa shape index (κ3) is 19.2. The number of hydrogen-bond acceptors (Lipinski definition) is 4. The summed E-state index contributed by atoms with van der Waals surface area (Å²) >= 11 is 0. The fourth-order valence-corrected chi connectivity index (χ4v) is 2.84. The van der Waals surface area contributed by atoms with Crippen LogP contribution in [0.4, 0.5) is 0 Å². The van der Waals surface area contributed by atoms with Crippen LogP contribution in [0.2, 0.25) is 0 Å². The molecular weight excluding hydrogens is 342 g/mol. The second-order valence-corrected chi connectivity index (χ2v) is 7.29. The summed E-state index contributed by atoms with van der Waals surface area (Å²) in [6.07, 6.45) is 21.1. The first-order valence-corrected chi connectivity index (χ1v) is 10.9. The number of allylic oxidation sites excluding steroid dienone is 2. The molecule has 5 nitrogen and oxygen atoms in total. The lowest BCUT2D eigenvalue weighted by Gasteiger charge is -2.07. The van der Waals surface area contributed by atoms with E-state index in [-0.39, 0.29) is 19.0 Å². The maximum atomic E-state index is 11.5. The Labute approximate surface area is 165 Å². The third-order valence-electron chi connectivity index (χ3n) is 4.65. The topological polar surface area (TPSA) is 89.6 Å². The number of nitrogens with two attached hydrogens (primary N) is 1. The van der Waals surface area contributed by atoms with Crippen molar-refractivity contribution in [3.05, 3.63) is 12.2 Å². The van der Waals surface area contributed by atoms with Crippen molar-refractivity contribution in [1.82, 2.24) is 0 Å². The van der Waals surface area contributed by atoms with E-state index in [9.17, 15) is 9.59 Å². The summed E-state index contributed by atoms with van der Waals surface area (Å²) in [7, 11) is 0. The Morgan fingerprint density at radius 2 is 1.41 bits per heavy atom. The summed E-state index contributed by atoms with van der Waals surface area (Å²) < 4.78 is 4.99. The predicted molar refractivity (Wildman–Crippen MR) is 111 cm³/mol. The zero-order chi connectivity index (χ0) is 20.2. The Hall–Kier alpha value is -1.36. The molecule has 0 saturated carbocycles. The average molecular weight is 384 g/mol. The van der Waals surface area contributed by atoms with Gasteiger partial charge >= 0.3 is 11.9 Å². The highest BCUT2D eigenvalue weighted by molar-refractivity contribution is 5.73. The van der Waals surface area contributed by atoms with Crippen molar-refractivity contribution in [1.29, 1.82) is 0 Å². The number of unbranched alkanes of at least 4 members (excludes halogenated alkanes) is 11. The fourth-order valence-electron chi connectivity index (χ4n) is 2.84. The summed E-state index contributed by atoms with van der Waals surface area (Å²) in [6, 6.07) is -0.961. The molecule has 0 unspecified atom stereocenters. The number of carboxylic acid groups (broad SMARTS) is 1. The molecule has 0 spiro atoms. The largest absolute Gasteiger partial charge is 0.480 e. The van der Waals surface area contributed by atoms with E-state index < -0.39 is 12.0 Å². The van der Waals surface area contributed by atoms with Crippen LogP contribution in [0.1, 0.15) is 103 Å². The van der Waals surface area contributed by atoms with Crippen LogP contribution in [0.3, 0.4) is 0 Å². The van der Waals surface area contributed by atoms with Crippen molar-refractivity contribution in [2.75, 3.05) is 6.61 Å². The van der Waals surface area contributed by atoms with Crippen LogP contribution in [-0.4, -0.2) is 29.7 Å². The first-order valence-electron chi connectivity index (χ1n) is 10.9. The van der Waals surface area contributed by atoms with E-state index in [0.29, 0.717) is 6.42 Å². The van der Waals surface area contributed by atoms with Gasteiger partial charge in [-0.25, -0.2) is 0 Å². The average Bonchev–Trinajstić information content (AvgIpc) is 2.64. The Kier molecular flexibility index (Phi) is 18.4. The standard InChI is InChI=1S/C22H41NO4/c1-2-3-4-5-6-7-8-9-10-11-12-13-14-15-16-17-21(24)27-19-18-20(23)22(25)26/h9-10,20H,2-8,11-19,23H2,1H3,(H,25,26)/b10-9-/t20-/m0/s1. The maximum Gasteiger partial charge on any atom is 0.320 e. The second-order valence-electron chi connectivity index (χ2n) is 7.29. The number of rotatable bonds is 19. The van der Waals surface area contributed by atoms with Gasteiger partial charge < -0.3 is 15.6 Å². The van der Waals surface area contributed by atoms with Gasteiger partial charge in [-0.15, -0.1) is 0 Å². The number of esters is 1. The van der Waals surface area contributed by atoms with E-state index in [1.54, 1.807) is 0 Å². The maximum absolute atomic E-state index is 11.5. The molecule has 0 rings (SSSR count). The molecule has 27 heavy (non-hydrogen) atoms. The van der Waals surface area contributed by atoms with E-state index >= 15 is 0 Å². The molecule has 158 valence electrons. The Balaban J connectivity index is 3.29. The van der Waals surface area contributed by atoms with Gasteiger partial charge in [-0.3, -0.25) is 9.59 Å². The van der Waals surface area contributed by atoms with Gasteiger partial charge in [0.1, 0.15) is 6.04 Å². The lowest BCUT2D eigenvalue weighted by molar-refractivity contribution is -0.146. The van der Waals surface area contributed by atoms with E-state index in [4.69, 9.17) is 15.6 Å². The molecule has 0 fully saturated rings. The molecule has 0 aromatic heterocycles. The molecule has 0 radical (unpaired) electrons. The van der Waals surface area contributed by atoms with Crippen LogP contribution < -0.4 is 5.73 Å². The number of aliphatic carboxylic acids is 1. The van der Waals surface area contributed by atoms with E-state index in [0.717, 1.165) is 25.7 Å². The minimum Gasteiger partial charge on any atom is -0.480 e. The van der Waals surface area contributed by atoms with Crippen LogP contribution in [0.25, 0.3) is 0 Å². The highest BCUT2D eigenvalue weighted by Gasteiger charge is 2.12. The molecule has 0 saturated heterocycles. The Morgan fingerprint density at radius 1 is 0.889 bits per heavy atom. The SMILES string of the molecule is CCCCCCCC/C=C\CCCCCCCC(=O)OCC[C@H](N)C(=O)O. The normalized spacial score (nSPS) is 12.4. The zero-order valence-electron chi connectivity index (χ0n) is 17.3. The molecule has 0 bridgehead atoms. The first kappa shape index (κ1) is 25.6. The summed E-state index contributed by atoms with van der Waals surface area (Å²) in [5.41, 5.74) is 5.34. The molecule has 0 aliphatic heterocycles. The third-order valence-corrected chi connectivity index (χ3v) is 4.65. The summed E-state index contributed by atoms with van der Waals surface area (Å²) in [5, 5.41) is 8.63. The first-order chi connectivity index (χ1) is 13.1. The van der Waals surface area contributed by atoms with Gasteiger partial charge in [0.2, 0.25) is 0 Å². The van der Waals surface area contributed by atoms with E-state index in [1.807, 2.05) is 0 Å². The van der Waals surface area contributed by atoms with Crippen molar-refractivity contribution in [2.45, 2.75) is 109 Å². The van der Waals surface area contributed by atoms with Crippen LogP contribution in [-0.2, 0) is 14.3 Å². The number of carboxylic acids is 1. The fraction of sp³-hybridized carbons (Fsp3) is 0.818. The Bertz CT molecular complexity index is 396. The predicted octanol–water partition coefficient (Wildman–Crippen LogP) is 5.37. The molecule has 3 N–H and O–H groups in total. The lowest BCUT2D eigenvalue weighted by Crippen LogP contribution is -2.31. The molecule has 0 aliphatic carbocycles. The zero-order valence-corrected chi connectivity index (χ0v) is 17.3. The van der Waals surface area contributed by atoms with Crippen molar-refractivity contribution in [3.63, 3.8) is 0 Å². The lowest BCUT2D eigenvalue weighted by atomic mass is 10.1. The quantitative estimate of drug-likeness (QED) is 0.178. The van der Waals surface area contributed by atoms with E-state index in [2.05, 4.69) is 19.1 Å². The Morgan fingerprint density at radius 3 is 1.96 bits per heavy atom. The highest BCUT2D eigenvalue weighted by atomic mass is 16.5. The summed E-state index contributed by atoms with van der Waals surface area (Å²) in [5.74, 6) is -1.33. The van der Waals surface area contributed by atoms with Crippen LogP contribution in [0.15, 0.2) is 12.2 Å². The number of carbonyl (C=O) groups excluding carboxylic acids is 1. The monoisotopic (exact) mass is 383 g/mol. The van der Waals surface area contributed by atoms with Gasteiger partial charge in [0.15, 0.2) is 0 Å². The van der Waals surface area contributed by atoms with Gasteiger partial charge in [0.05, 0.1) is 6.61 Å². The number of ether oxygens (including phenoxy) is 1. The minimum atomic E-state index is -1.07. The van der Waals surface area contributed by atoms with Gasteiger partial charge in [-0.2, -0.15) is 0 Å². The van der Waals surface area contributed by atoms with Crippen LogP contribution in [0, 0.1) is 0 Å². The van der Waals surface area contributed by atoms with Crippen molar-refractivity contribution in [3.8, 4) is 0 Å². The van der Waals surface area contributed by atoms with Crippen molar-refractivity contribution >= 4 is 11.9 Å². The van der Waals surface area contributed by atoms with Crippen molar-refractivity contribution < 1.29 is 19.4 Å².